The summed E-state index contributed by atoms with van der Waals surface area (Å²) in [6, 6.07) is 38.4. The molecule has 1 aliphatic heterocycles. The number of benzene rings is 4. The highest BCUT2D eigenvalue weighted by Crippen LogP contribution is 2.31. The van der Waals surface area contributed by atoms with Crippen molar-refractivity contribution >= 4 is 68.0 Å². The summed E-state index contributed by atoms with van der Waals surface area (Å²) in [5.74, 6) is 0.995. The molecule has 0 N–H and O–H groups in total. The highest BCUT2D eigenvalue weighted by Gasteiger charge is 2.15. The molecule has 0 atom stereocenters. The van der Waals surface area contributed by atoms with Gasteiger partial charge in [-0.2, -0.15) is 0 Å². The van der Waals surface area contributed by atoms with E-state index in [0.29, 0.717) is 0 Å². The number of methoxy groups -OCH3 is 1. The van der Waals surface area contributed by atoms with Gasteiger partial charge in [-0.3, -0.25) is 0 Å². The molecule has 0 amide bonds. The molecular weight excluding hydrogens is 1150 g/mol. The molecule has 3 aliphatic carbocycles. The first-order valence-corrected chi connectivity index (χ1v) is 35.6. The van der Waals surface area contributed by atoms with Crippen LogP contribution in [0.4, 0.5) is 0 Å². The molecule has 0 unspecified atom stereocenters. The van der Waals surface area contributed by atoms with E-state index < -0.39 is 0 Å². The normalized spacial score (nSPS) is 12.5. The highest BCUT2D eigenvalue weighted by atomic mass is 32.1. The lowest BCUT2D eigenvalue weighted by Gasteiger charge is -2.17. The van der Waals surface area contributed by atoms with Gasteiger partial charge >= 0.3 is 0 Å². The van der Waals surface area contributed by atoms with Crippen LogP contribution in [0.25, 0.3) is 0 Å². The summed E-state index contributed by atoms with van der Waals surface area (Å²) in [4.78, 5) is 8.57. The van der Waals surface area contributed by atoms with Gasteiger partial charge in [0.1, 0.15) is 5.75 Å². The molecule has 4 aliphatic rings. The zero-order chi connectivity index (χ0) is 61.7. The molecule has 7 heterocycles. The smallest absolute Gasteiger partial charge is 0.132 e. The van der Waals surface area contributed by atoms with Gasteiger partial charge in [-0.25, -0.2) is 0 Å². The van der Waals surface area contributed by atoms with Crippen LogP contribution in [0.2, 0.25) is 0 Å². The minimum atomic E-state index is 0.833. The summed E-state index contributed by atoms with van der Waals surface area (Å²) in [5, 5.41) is 13.1. The first-order valence-electron chi connectivity index (χ1n) is 30.3. The Morgan fingerprint density at radius 1 is 0.318 bits per heavy atom. The molecular formula is C77H98O2S6. The topological polar surface area (TPSA) is 18.5 Å². The van der Waals surface area contributed by atoms with E-state index in [1.807, 2.05) is 52.4 Å². The van der Waals surface area contributed by atoms with Gasteiger partial charge in [-0.1, -0.05) is 130 Å². The maximum atomic E-state index is 5.24. The molecule has 6 aromatic heterocycles. The third-order valence-corrected chi connectivity index (χ3v) is 20.8. The lowest BCUT2D eigenvalue weighted by Crippen LogP contribution is -2.03. The third kappa shape index (κ3) is 25.6. The Kier molecular flexibility index (Phi) is 31.7. The van der Waals surface area contributed by atoms with Crippen molar-refractivity contribution in [1.82, 2.24) is 0 Å². The van der Waals surface area contributed by atoms with E-state index in [1.165, 1.54) is 151 Å². The molecule has 0 bridgehead atoms. The van der Waals surface area contributed by atoms with Crippen molar-refractivity contribution in [3.63, 3.8) is 0 Å². The minimum absolute atomic E-state index is 0.833. The summed E-state index contributed by atoms with van der Waals surface area (Å²) in [7, 11) is 1.69. The van der Waals surface area contributed by atoms with Gasteiger partial charge < -0.3 is 9.47 Å². The van der Waals surface area contributed by atoms with Crippen LogP contribution in [0.1, 0.15) is 156 Å². The summed E-state index contributed by atoms with van der Waals surface area (Å²) < 4.78 is 10.2. The first kappa shape index (κ1) is 70.6. The van der Waals surface area contributed by atoms with Crippen molar-refractivity contribution in [2.75, 3.05) is 7.11 Å². The molecule has 454 valence electrons. The number of hydrogen-bond acceptors (Lipinski definition) is 8. The van der Waals surface area contributed by atoms with Gasteiger partial charge in [0.05, 0.1) is 20.3 Å². The summed E-state index contributed by atoms with van der Waals surface area (Å²) in [6.07, 6.45) is 14.9. The predicted molar refractivity (Wildman–Crippen MR) is 383 cm³/mol. The Hall–Kier alpha value is -5.16. The van der Waals surface area contributed by atoms with Crippen LogP contribution in [0.5, 0.6) is 5.75 Å². The second-order valence-corrected chi connectivity index (χ2v) is 29.4. The van der Waals surface area contributed by atoms with Crippen LogP contribution in [0.15, 0.2) is 141 Å². The monoisotopic (exact) mass is 1250 g/mol. The van der Waals surface area contributed by atoms with Crippen molar-refractivity contribution in [3.05, 3.63) is 265 Å². The Morgan fingerprint density at radius 2 is 0.765 bits per heavy atom. The van der Waals surface area contributed by atoms with Gasteiger partial charge in [-0.05, 0) is 281 Å². The van der Waals surface area contributed by atoms with E-state index in [-0.39, 0.29) is 0 Å². The molecule has 0 saturated carbocycles. The van der Waals surface area contributed by atoms with Gasteiger partial charge in [0.15, 0.2) is 0 Å². The lowest BCUT2D eigenvalue weighted by atomic mass is 9.89. The lowest BCUT2D eigenvalue weighted by molar-refractivity contribution is 0.134. The van der Waals surface area contributed by atoms with Gasteiger partial charge in [0.2, 0.25) is 0 Å². The third-order valence-electron chi connectivity index (χ3n) is 15.2. The van der Waals surface area contributed by atoms with Gasteiger partial charge in [0, 0.05) is 29.3 Å². The Labute approximate surface area is 539 Å². The van der Waals surface area contributed by atoms with Crippen molar-refractivity contribution in [2.24, 2.45) is 0 Å². The van der Waals surface area contributed by atoms with E-state index >= 15 is 0 Å². The standard InChI is InChI=1S/C11H14.C9H12S.C9H12.C8H10S.2C8H10.C7H8OS.C6H8OS.C6H8S.C5H6S/c1-9-5-4-7-10-6-2-3-8-11(9)10;1-7-9-5-3-2-4-8(9)6-10-7;1-7-4-8(2)6-9(3)5-7;1-6-8-4-2-3-7(8)5-9-6;2*1-7-4-3-5-8(2)6-7;1-5-7-3-8-2-6(7)4-9-5;1-5-6(7-2)3-4-8-5;1-5-3-4-7-6(5)2;1-5-3-2-4-6-5/h4-5,7H,2-3,6,8H2,1H3;6H,2-5H2,1H3;4-6H,1-3H3;5H,2-4H2,1H3;2*3-6H,1-2H3;4H,2-3H2,1H3;3-4H,1-2H3;3-4H,1-2H3;2-4H,1H3. The summed E-state index contributed by atoms with van der Waals surface area (Å²) >= 11 is 10.9. The Morgan fingerprint density at radius 3 is 1.14 bits per heavy atom. The number of fused-ring (bicyclic) bond motifs is 4. The molecule has 14 rings (SSSR count). The van der Waals surface area contributed by atoms with Crippen LogP contribution in [0.3, 0.4) is 0 Å². The van der Waals surface area contributed by atoms with Crippen molar-refractivity contribution in [2.45, 2.75) is 188 Å². The van der Waals surface area contributed by atoms with Crippen LogP contribution in [-0.4, -0.2) is 7.11 Å². The van der Waals surface area contributed by atoms with E-state index in [4.69, 9.17) is 9.47 Å². The Bertz CT molecular complexity index is 3270. The van der Waals surface area contributed by atoms with E-state index in [0.717, 1.165) is 19.0 Å². The van der Waals surface area contributed by atoms with Gasteiger partial charge in [-0.15, -0.1) is 68.0 Å². The molecule has 0 radical (unpaired) electrons. The molecule has 2 nitrogen and oxygen atoms in total. The fourth-order valence-electron chi connectivity index (χ4n) is 10.5. The average Bonchev–Trinajstić information content (AvgIpc) is 4.56. The zero-order valence-electron chi connectivity index (χ0n) is 54.3. The number of thiophene rings is 6. The quantitative estimate of drug-likeness (QED) is 0.163. The fraction of sp³-hybridized carbons (Fsp3) is 0.377. The predicted octanol–water partition coefficient (Wildman–Crippen LogP) is 24.1. The van der Waals surface area contributed by atoms with E-state index in [1.54, 1.807) is 84.3 Å². The van der Waals surface area contributed by atoms with Crippen LogP contribution >= 0.6 is 68.0 Å². The number of hydrogen-bond donors (Lipinski definition) is 0. The van der Waals surface area contributed by atoms with Crippen molar-refractivity contribution in [3.8, 4) is 5.75 Å². The fourth-order valence-corrected chi connectivity index (χ4v) is 15.2. The molecule has 0 spiro atoms. The highest BCUT2D eigenvalue weighted by molar-refractivity contribution is 7.11. The second kappa shape index (κ2) is 38.2. The molecule has 8 heteroatoms. The number of aryl methyl sites for hydroxylation is 18. The summed E-state index contributed by atoms with van der Waals surface area (Å²) in [5.41, 5.74) is 24.9. The molecule has 0 fully saturated rings. The average molecular weight is 1250 g/mol. The SMILES string of the molecule is COc1ccsc1C.Cc1cc(C)cc(C)c1.Cc1cccc(C)c1.Cc1cccc(C)c1.Cc1cccc2c1CCCC2.Cc1cccs1.Cc1ccsc1C.Cc1scc2c1CCC2.Cc1scc2c1CCCC2.Cc1scc2c1COC2. The minimum Gasteiger partial charge on any atom is -0.496 e. The maximum absolute atomic E-state index is 5.24. The number of ether oxygens (including phenoxy) is 2. The van der Waals surface area contributed by atoms with Crippen LogP contribution < -0.4 is 4.74 Å². The maximum Gasteiger partial charge on any atom is 0.132 e. The van der Waals surface area contributed by atoms with Crippen molar-refractivity contribution in [1.29, 1.82) is 0 Å². The zero-order valence-corrected chi connectivity index (χ0v) is 59.2. The molecule has 0 saturated heterocycles. The van der Waals surface area contributed by atoms with E-state index in [2.05, 4.69) is 227 Å². The van der Waals surface area contributed by atoms with E-state index in [9.17, 15) is 0 Å². The van der Waals surface area contributed by atoms with Crippen LogP contribution in [0, 0.1) is 104 Å². The molecule has 4 aromatic carbocycles. The van der Waals surface area contributed by atoms with Crippen molar-refractivity contribution < 1.29 is 9.47 Å². The second-order valence-electron chi connectivity index (χ2n) is 22.8. The largest absolute Gasteiger partial charge is 0.496 e. The first-order chi connectivity index (χ1) is 40.8. The summed E-state index contributed by atoms with van der Waals surface area (Å²) in [6.45, 7) is 33.7. The number of rotatable bonds is 1. The van der Waals surface area contributed by atoms with Gasteiger partial charge in [0.25, 0.3) is 0 Å². The van der Waals surface area contributed by atoms with Crippen LogP contribution in [-0.2, 0) is 56.5 Å². The molecule has 10 aromatic rings. The Balaban J connectivity index is 0.000000173. The molecule has 85 heavy (non-hydrogen) atoms.